The molecule has 0 aliphatic heterocycles. The summed E-state index contributed by atoms with van der Waals surface area (Å²) in [5.41, 5.74) is 0.653. The van der Waals surface area contributed by atoms with Gasteiger partial charge in [-0.25, -0.2) is 0 Å². The minimum absolute atomic E-state index is 0.653. The van der Waals surface area contributed by atoms with Crippen LogP contribution in [0, 0.1) is 17.3 Å². The van der Waals surface area contributed by atoms with Gasteiger partial charge in [-0.05, 0) is 55.8 Å². The molecule has 0 bridgehead atoms. The normalized spacial score (nSPS) is 32.5. The molecule has 17 heavy (non-hydrogen) atoms. The van der Waals surface area contributed by atoms with E-state index in [0.717, 1.165) is 17.9 Å². The highest BCUT2D eigenvalue weighted by atomic mass is 14.9. The van der Waals surface area contributed by atoms with Crippen LogP contribution in [0.2, 0.25) is 0 Å². The maximum atomic E-state index is 3.90. The van der Waals surface area contributed by atoms with Gasteiger partial charge in [0.15, 0.2) is 0 Å². The fourth-order valence-corrected chi connectivity index (χ4v) is 4.20. The highest BCUT2D eigenvalue weighted by Crippen LogP contribution is 2.43. The van der Waals surface area contributed by atoms with Gasteiger partial charge in [0, 0.05) is 12.6 Å². The highest BCUT2D eigenvalue weighted by molar-refractivity contribution is 4.89. The number of hydrogen-bond acceptors (Lipinski definition) is 1. The molecule has 0 radical (unpaired) electrons. The van der Waals surface area contributed by atoms with Crippen LogP contribution >= 0.6 is 0 Å². The van der Waals surface area contributed by atoms with E-state index in [1.807, 2.05) is 0 Å². The Kier molecular flexibility index (Phi) is 4.52. The van der Waals surface area contributed by atoms with E-state index in [-0.39, 0.29) is 0 Å². The van der Waals surface area contributed by atoms with Crippen molar-refractivity contribution in [3.63, 3.8) is 0 Å². The Hall–Kier alpha value is -0.0400. The minimum atomic E-state index is 0.653. The second-order valence-corrected chi connectivity index (χ2v) is 7.30. The second kappa shape index (κ2) is 5.73. The molecule has 0 heterocycles. The van der Waals surface area contributed by atoms with Crippen molar-refractivity contribution in [3.05, 3.63) is 0 Å². The van der Waals surface area contributed by atoms with E-state index in [9.17, 15) is 0 Å². The molecule has 1 N–H and O–H groups in total. The smallest absolute Gasteiger partial charge is 0.00699 e. The fourth-order valence-electron chi connectivity index (χ4n) is 4.20. The molecule has 1 nitrogen and oxygen atoms in total. The van der Waals surface area contributed by atoms with Gasteiger partial charge in [-0.2, -0.15) is 0 Å². The zero-order valence-corrected chi connectivity index (χ0v) is 12.1. The summed E-state index contributed by atoms with van der Waals surface area (Å²) in [4.78, 5) is 0. The molecule has 0 aromatic rings. The standard InChI is InChI=1S/C16H31N/c1-13(2)11-16(8-4-5-9-16)12-17-15-7-6-14(3)10-15/h13-15,17H,4-12H2,1-3H3. The summed E-state index contributed by atoms with van der Waals surface area (Å²) in [6, 6.07) is 0.828. The van der Waals surface area contributed by atoms with Crippen LogP contribution in [0.1, 0.15) is 72.1 Å². The predicted octanol–water partition coefficient (Wildman–Crippen LogP) is 4.37. The van der Waals surface area contributed by atoms with Gasteiger partial charge >= 0.3 is 0 Å². The summed E-state index contributed by atoms with van der Waals surface area (Å²) < 4.78 is 0. The third kappa shape index (κ3) is 3.71. The van der Waals surface area contributed by atoms with Crippen molar-refractivity contribution in [1.82, 2.24) is 5.32 Å². The molecule has 0 spiro atoms. The largest absolute Gasteiger partial charge is 0.313 e. The Balaban J connectivity index is 1.81. The van der Waals surface area contributed by atoms with Crippen LogP contribution in [0.4, 0.5) is 0 Å². The minimum Gasteiger partial charge on any atom is -0.313 e. The molecule has 100 valence electrons. The number of nitrogens with one attached hydrogen (secondary N) is 1. The summed E-state index contributed by atoms with van der Waals surface area (Å²) in [5, 5.41) is 3.90. The Morgan fingerprint density at radius 2 is 1.88 bits per heavy atom. The average Bonchev–Trinajstić information content (AvgIpc) is 2.85. The van der Waals surface area contributed by atoms with E-state index >= 15 is 0 Å². The molecule has 2 fully saturated rings. The maximum Gasteiger partial charge on any atom is 0.00699 e. The molecule has 2 atom stereocenters. The van der Waals surface area contributed by atoms with Gasteiger partial charge in [0.05, 0.1) is 0 Å². The van der Waals surface area contributed by atoms with Crippen molar-refractivity contribution in [2.24, 2.45) is 17.3 Å². The molecule has 2 saturated carbocycles. The lowest BCUT2D eigenvalue weighted by molar-refractivity contribution is 0.214. The SMILES string of the molecule is CC(C)CC1(CNC2CCC(C)C2)CCCC1. The van der Waals surface area contributed by atoms with Crippen molar-refractivity contribution in [2.75, 3.05) is 6.54 Å². The van der Waals surface area contributed by atoms with E-state index in [0.29, 0.717) is 5.41 Å². The van der Waals surface area contributed by atoms with Crippen LogP contribution in [0.15, 0.2) is 0 Å². The molecule has 2 rings (SSSR count). The van der Waals surface area contributed by atoms with Crippen LogP contribution < -0.4 is 5.32 Å². The van der Waals surface area contributed by atoms with Crippen molar-refractivity contribution in [3.8, 4) is 0 Å². The fraction of sp³-hybridized carbons (Fsp3) is 1.00. The molecule has 0 aromatic carbocycles. The van der Waals surface area contributed by atoms with Gasteiger partial charge in [-0.1, -0.05) is 33.6 Å². The molecule has 2 aliphatic carbocycles. The Labute approximate surface area is 108 Å². The van der Waals surface area contributed by atoms with Crippen molar-refractivity contribution in [1.29, 1.82) is 0 Å². The lowest BCUT2D eigenvalue weighted by Crippen LogP contribution is -2.38. The monoisotopic (exact) mass is 237 g/mol. The van der Waals surface area contributed by atoms with E-state index in [1.54, 1.807) is 0 Å². The third-order valence-corrected chi connectivity index (χ3v) is 4.97. The molecular weight excluding hydrogens is 206 g/mol. The summed E-state index contributed by atoms with van der Waals surface area (Å²) in [5.74, 6) is 1.81. The summed E-state index contributed by atoms with van der Waals surface area (Å²) >= 11 is 0. The van der Waals surface area contributed by atoms with Gasteiger partial charge in [-0.3, -0.25) is 0 Å². The molecule has 2 aliphatic rings. The number of rotatable bonds is 5. The average molecular weight is 237 g/mol. The van der Waals surface area contributed by atoms with Crippen LogP contribution in [-0.4, -0.2) is 12.6 Å². The van der Waals surface area contributed by atoms with Crippen molar-refractivity contribution in [2.45, 2.75) is 78.2 Å². The Morgan fingerprint density at radius 3 is 2.41 bits per heavy atom. The first-order valence-electron chi connectivity index (χ1n) is 7.83. The van der Waals surface area contributed by atoms with Crippen molar-refractivity contribution >= 4 is 0 Å². The quantitative estimate of drug-likeness (QED) is 0.748. The van der Waals surface area contributed by atoms with E-state index in [4.69, 9.17) is 0 Å². The lowest BCUT2D eigenvalue weighted by atomic mass is 9.78. The van der Waals surface area contributed by atoms with Crippen LogP contribution in [0.25, 0.3) is 0 Å². The summed E-state index contributed by atoms with van der Waals surface area (Å²) in [6.07, 6.45) is 11.6. The zero-order chi connectivity index (χ0) is 12.3. The molecule has 1 heteroatoms. The first-order chi connectivity index (χ1) is 8.10. The Bertz CT molecular complexity index is 228. The van der Waals surface area contributed by atoms with E-state index < -0.39 is 0 Å². The molecule has 0 amide bonds. The predicted molar refractivity (Wildman–Crippen MR) is 75.2 cm³/mol. The van der Waals surface area contributed by atoms with Crippen LogP contribution in [-0.2, 0) is 0 Å². The van der Waals surface area contributed by atoms with Crippen LogP contribution in [0.5, 0.6) is 0 Å². The topological polar surface area (TPSA) is 12.0 Å². The summed E-state index contributed by atoms with van der Waals surface area (Å²) in [6.45, 7) is 8.47. The molecule has 0 aromatic heterocycles. The van der Waals surface area contributed by atoms with Gasteiger partial charge in [0.2, 0.25) is 0 Å². The van der Waals surface area contributed by atoms with Crippen LogP contribution in [0.3, 0.4) is 0 Å². The molecular formula is C16H31N. The van der Waals surface area contributed by atoms with E-state index in [1.165, 1.54) is 57.9 Å². The summed E-state index contributed by atoms with van der Waals surface area (Å²) in [7, 11) is 0. The van der Waals surface area contributed by atoms with E-state index in [2.05, 4.69) is 26.1 Å². The highest BCUT2D eigenvalue weighted by Gasteiger charge is 2.35. The molecule has 2 unspecified atom stereocenters. The number of hydrogen-bond donors (Lipinski definition) is 1. The third-order valence-electron chi connectivity index (χ3n) is 4.97. The molecule has 0 saturated heterocycles. The lowest BCUT2D eigenvalue weighted by Gasteiger charge is -2.32. The zero-order valence-electron chi connectivity index (χ0n) is 12.1. The first kappa shape index (κ1) is 13.4. The van der Waals surface area contributed by atoms with Gasteiger partial charge in [0.25, 0.3) is 0 Å². The van der Waals surface area contributed by atoms with Gasteiger partial charge in [-0.15, -0.1) is 0 Å². The van der Waals surface area contributed by atoms with Gasteiger partial charge in [0.1, 0.15) is 0 Å². The Morgan fingerprint density at radius 1 is 1.18 bits per heavy atom. The van der Waals surface area contributed by atoms with Gasteiger partial charge < -0.3 is 5.32 Å². The second-order valence-electron chi connectivity index (χ2n) is 7.30. The van der Waals surface area contributed by atoms with Crippen molar-refractivity contribution < 1.29 is 0 Å². The maximum absolute atomic E-state index is 3.90. The first-order valence-corrected chi connectivity index (χ1v) is 7.83.